The number of furan rings is 1. The monoisotopic (exact) mass is 745 g/mol. The number of hydrogen-bond donors (Lipinski definition) is 1. The Morgan fingerprint density at radius 3 is 2.03 bits per heavy atom. The number of aryl methyl sites for hydroxylation is 1. The highest BCUT2D eigenvalue weighted by Gasteiger charge is 2.14. The normalized spacial score (nSPS) is 12.2. The van der Waals surface area contributed by atoms with E-state index in [4.69, 9.17) is 14.4 Å². The van der Waals surface area contributed by atoms with Gasteiger partial charge in [0.2, 0.25) is 0 Å². The van der Waals surface area contributed by atoms with E-state index in [1.807, 2.05) is 91.1 Å². The van der Waals surface area contributed by atoms with E-state index >= 15 is 0 Å². The quantitative estimate of drug-likeness (QED) is 0.0939. The number of aliphatic imine (C=N–C) groups is 2. The van der Waals surface area contributed by atoms with Gasteiger partial charge in [-0.05, 0) is 87.0 Å². The molecule has 9 rings (SSSR count). The van der Waals surface area contributed by atoms with Gasteiger partial charge in [-0.25, -0.2) is 9.98 Å². The number of nitrogens with one attached hydrogen (secondary N) is 1. The molecular formula is C54H39N3O. The third-order valence-corrected chi connectivity index (χ3v) is 10.4. The molecule has 0 amide bonds. The SMILES string of the molecule is Cc1ccccc1/C=C\C=C\c1ccc(C(=N)/N=C(\N=C\c2cccc3oc4ccc(-c5ccc6ccccc6c5)cc4c23)c2ccccc2)cc1-c1ccccc1. The Hall–Kier alpha value is -7.69. The molecule has 0 aliphatic rings. The molecule has 0 saturated heterocycles. The minimum atomic E-state index is 0.121. The Balaban J connectivity index is 1.07. The molecule has 0 atom stereocenters. The van der Waals surface area contributed by atoms with Gasteiger partial charge >= 0.3 is 0 Å². The number of rotatable bonds is 8. The van der Waals surface area contributed by atoms with E-state index in [2.05, 4.69) is 128 Å². The van der Waals surface area contributed by atoms with Crippen molar-refractivity contribution in [2.75, 3.05) is 0 Å². The summed E-state index contributed by atoms with van der Waals surface area (Å²) in [5.74, 6) is 0.564. The van der Waals surface area contributed by atoms with Gasteiger partial charge in [0.15, 0.2) is 11.7 Å². The van der Waals surface area contributed by atoms with Crippen molar-refractivity contribution in [3.8, 4) is 22.3 Å². The summed E-state index contributed by atoms with van der Waals surface area (Å²) in [5.41, 5.74) is 11.8. The standard InChI is InChI=1S/C54H39N3O/c1-37-15-8-9-16-38(37)17-10-12-21-41-28-30-46(35-48(41)40-19-4-2-5-20-40)53(55)57-54(42-22-6-3-7-23-42)56-36-47-25-14-26-51-52(47)49-34-45(31-32-50(49)58-51)44-29-27-39-18-11-13-24-43(39)33-44/h2-36,55H,1H3/b17-10-,21-12+,55-53?,56-36+,57-54-. The maximum atomic E-state index is 9.27. The van der Waals surface area contributed by atoms with Gasteiger partial charge in [-0.1, -0.05) is 176 Å². The molecule has 9 aromatic rings. The van der Waals surface area contributed by atoms with Gasteiger partial charge in [0.1, 0.15) is 11.2 Å². The smallest absolute Gasteiger partial charge is 0.161 e. The zero-order chi connectivity index (χ0) is 39.3. The highest BCUT2D eigenvalue weighted by molar-refractivity contribution is 6.18. The van der Waals surface area contributed by atoms with Crippen LogP contribution in [0.5, 0.6) is 0 Å². The first kappa shape index (κ1) is 36.0. The molecule has 4 heteroatoms. The third-order valence-electron chi connectivity index (χ3n) is 10.4. The van der Waals surface area contributed by atoms with Crippen molar-refractivity contribution in [1.29, 1.82) is 5.41 Å². The number of fused-ring (bicyclic) bond motifs is 4. The second-order valence-corrected chi connectivity index (χ2v) is 14.2. The lowest BCUT2D eigenvalue weighted by Crippen LogP contribution is -2.05. The van der Waals surface area contributed by atoms with Crippen LogP contribution in [-0.2, 0) is 0 Å². The molecule has 0 saturated carbocycles. The van der Waals surface area contributed by atoms with Crippen molar-refractivity contribution in [3.05, 3.63) is 228 Å². The average molecular weight is 746 g/mol. The molecule has 0 fully saturated rings. The van der Waals surface area contributed by atoms with E-state index in [1.54, 1.807) is 0 Å². The van der Waals surface area contributed by atoms with Crippen LogP contribution < -0.4 is 0 Å². The maximum Gasteiger partial charge on any atom is 0.161 e. The van der Waals surface area contributed by atoms with E-state index < -0.39 is 0 Å². The van der Waals surface area contributed by atoms with Gasteiger partial charge in [-0.3, -0.25) is 5.41 Å². The van der Waals surface area contributed by atoms with Gasteiger partial charge < -0.3 is 4.42 Å². The molecule has 1 N–H and O–H groups in total. The maximum absolute atomic E-state index is 9.27. The molecule has 8 aromatic carbocycles. The number of benzene rings is 8. The first-order valence-corrected chi connectivity index (χ1v) is 19.4. The summed E-state index contributed by atoms with van der Waals surface area (Å²) in [5, 5.41) is 13.7. The Morgan fingerprint density at radius 2 is 1.21 bits per heavy atom. The number of hydrogen-bond acceptors (Lipinski definition) is 2. The second-order valence-electron chi connectivity index (χ2n) is 14.2. The third kappa shape index (κ3) is 7.60. The molecule has 0 bridgehead atoms. The van der Waals surface area contributed by atoms with Crippen LogP contribution in [0.3, 0.4) is 0 Å². The summed E-state index contributed by atoms with van der Waals surface area (Å²) in [6, 6.07) is 61.9. The predicted molar refractivity (Wildman–Crippen MR) is 245 cm³/mol. The van der Waals surface area contributed by atoms with Crippen molar-refractivity contribution < 1.29 is 4.42 Å². The molecule has 0 spiro atoms. The van der Waals surface area contributed by atoms with E-state index in [0.717, 1.165) is 60.9 Å². The van der Waals surface area contributed by atoms with Crippen LogP contribution >= 0.6 is 0 Å². The average Bonchev–Trinajstić information content (AvgIpc) is 3.66. The van der Waals surface area contributed by atoms with Crippen LogP contribution in [0.15, 0.2) is 209 Å². The zero-order valence-corrected chi connectivity index (χ0v) is 32.0. The molecule has 0 aliphatic heterocycles. The van der Waals surface area contributed by atoms with Crippen molar-refractivity contribution >= 4 is 62.7 Å². The van der Waals surface area contributed by atoms with Crippen LogP contribution in [0.25, 0.3) is 67.1 Å². The molecular weight excluding hydrogens is 707 g/mol. The largest absolute Gasteiger partial charge is 0.456 e. The Bertz CT molecular complexity index is 3080. The lowest BCUT2D eigenvalue weighted by molar-refractivity contribution is 0.669. The topological polar surface area (TPSA) is 61.7 Å². The summed E-state index contributed by atoms with van der Waals surface area (Å²) < 4.78 is 6.35. The molecule has 0 unspecified atom stereocenters. The summed E-state index contributed by atoms with van der Waals surface area (Å²) in [6.07, 6.45) is 10.2. The molecule has 0 radical (unpaired) electrons. The van der Waals surface area contributed by atoms with Gasteiger partial charge in [-0.2, -0.15) is 0 Å². The fourth-order valence-electron chi connectivity index (χ4n) is 7.38. The highest BCUT2D eigenvalue weighted by atomic mass is 16.3. The van der Waals surface area contributed by atoms with Crippen molar-refractivity contribution in [3.63, 3.8) is 0 Å². The van der Waals surface area contributed by atoms with E-state index in [-0.39, 0.29) is 5.84 Å². The summed E-state index contributed by atoms with van der Waals surface area (Å²) in [7, 11) is 0. The first-order valence-electron chi connectivity index (χ1n) is 19.4. The molecule has 1 heterocycles. The molecule has 0 aliphatic carbocycles. The van der Waals surface area contributed by atoms with Crippen molar-refractivity contribution in [2.24, 2.45) is 9.98 Å². The van der Waals surface area contributed by atoms with Gasteiger partial charge in [0, 0.05) is 33.7 Å². The highest BCUT2D eigenvalue weighted by Crippen LogP contribution is 2.35. The van der Waals surface area contributed by atoms with Gasteiger partial charge in [-0.15, -0.1) is 0 Å². The van der Waals surface area contributed by atoms with E-state index in [0.29, 0.717) is 11.4 Å². The lowest BCUT2D eigenvalue weighted by atomic mass is 9.96. The van der Waals surface area contributed by atoms with Crippen molar-refractivity contribution in [1.82, 2.24) is 0 Å². The molecule has 276 valence electrons. The van der Waals surface area contributed by atoms with Crippen LogP contribution in [-0.4, -0.2) is 17.9 Å². The van der Waals surface area contributed by atoms with Gasteiger partial charge in [0.05, 0.1) is 0 Å². The number of nitrogens with zero attached hydrogens (tertiary/aromatic N) is 2. The molecule has 4 nitrogen and oxygen atoms in total. The summed E-state index contributed by atoms with van der Waals surface area (Å²) in [4.78, 5) is 9.86. The van der Waals surface area contributed by atoms with Gasteiger partial charge in [0.25, 0.3) is 0 Å². The molecule has 1 aromatic heterocycles. The fraction of sp³-hybridized carbons (Fsp3) is 0.0185. The summed E-state index contributed by atoms with van der Waals surface area (Å²) >= 11 is 0. The lowest BCUT2D eigenvalue weighted by Gasteiger charge is -2.10. The van der Waals surface area contributed by atoms with Crippen molar-refractivity contribution in [2.45, 2.75) is 6.92 Å². The molecule has 58 heavy (non-hydrogen) atoms. The Kier molecular flexibility index (Phi) is 10.0. The minimum Gasteiger partial charge on any atom is -0.456 e. The predicted octanol–water partition coefficient (Wildman–Crippen LogP) is 14.0. The van der Waals surface area contributed by atoms with E-state index in [9.17, 15) is 5.41 Å². The van der Waals surface area contributed by atoms with Crippen LogP contribution in [0.1, 0.15) is 33.4 Å². The Morgan fingerprint density at radius 1 is 0.517 bits per heavy atom. The van der Waals surface area contributed by atoms with Crippen LogP contribution in [0.2, 0.25) is 0 Å². The number of amidine groups is 2. The number of allylic oxidation sites excluding steroid dienone is 2. The van der Waals surface area contributed by atoms with Crippen LogP contribution in [0, 0.1) is 12.3 Å². The minimum absolute atomic E-state index is 0.121. The first-order chi connectivity index (χ1) is 28.6. The summed E-state index contributed by atoms with van der Waals surface area (Å²) in [6.45, 7) is 2.12. The fourth-order valence-corrected chi connectivity index (χ4v) is 7.38. The zero-order valence-electron chi connectivity index (χ0n) is 32.0. The van der Waals surface area contributed by atoms with Crippen LogP contribution in [0.4, 0.5) is 0 Å². The second kappa shape index (κ2) is 16.2. The Labute approximate surface area is 338 Å². The van der Waals surface area contributed by atoms with E-state index in [1.165, 1.54) is 21.9 Å².